The molecule has 0 aliphatic rings. The molecule has 1 heterocycles. The summed E-state index contributed by atoms with van der Waals surface area (Å²) in [6.07, 6.45) is 2.88. The second kappa shape index (κ2) is 6.95. The molecule has 0 saturated carbocycles. The zero-order valence-electron chi connectivity index (χ0n) is 11.4. The Balaban J connectivity index is 2.60. The molecule has 0 saturated heterocycles. The molecule has 0 spiro atoms. The van der Waals surface area contributed by atoms with Crippen molar-refractivity contribution in [3.63, 3.8) is 0 Å². The highest BCUT2D eigenvalue weighted by Crippen LogP contribution is 2.15. The Morgan fingerprint density at radius 3 is 2.78 bits per heavy atom. The maximum Gasteiger partial charge on any atom is 0.169 e. The van der Waals surface area contributed by atoms with E-state index in [4.69, 9.17) is 23.8 Å². The maximum absolute atomic E-state index is 6.13. The SMILES string of the molecule is CCC(C)NC(=S)N(C)Cc1nn(CC)cc1Cl. The molecule has 0 aliphatic heterocycles. The fourth-order valence-corrected chi connectivity index (χ4v) is 1.90. The highest BCUT2D eigenvalue weighted by molar-refractivity contribution is 7.80. The van der Waals surface area contributed by atoms with Gasteiger partial charge >= 0.3 is 0 Å². The van der Waals surface area contributed by atoms with E-state index in [9.17, 15) is 0 Å². The van der Waals surface area contributed by atoms with E-state index in [-0.39, 0.29) is 0 Å². The molecule has 0 aromatic carbocycles. The highest BCUT2D eigenvalue weighted by Gasteiger charge is 2.12. The molecule has 4 nitrogen and oxygen atoms in total. The quantitative estimate of drug-likeness (QED) is 0.845. The van der Waals surface area contributed by atoms with Crippen molar-refractivity contribution in [2.45, 2.75) is 46.3 Å². The number of aromatic nitrogens is 2. The average Bonchev–Trinajstić information content (AvgIpc) is 2.69. The van der Waals surface area contributed by atoms with E-state index < -0.39 is 0 Å². The molecule has 102 valence electrons. The number of nitrogens with one attached hydrogen (secondary N) is 1. The maximum atomic E-state index is 6.13. The standard InChI is InChI=1S/C12H21ClN4S/c1-5-9(3)14-12(18)16(4)8-11-10(13)7-17(6-2)15-11/h7,9H,5-6,8H2,1-4H3,(H,14,18). The first-order valence-corrected chi connectivity index (χ1v) is 7.00. The molecule has 0 aliphatic carbocycles. The molecule has 1 aromatic heterocycles. The molecule has 1 aromatic rings. The van der Waals surface area contributed by atoms with Gasteiger partial charge in [0, 0.05) is 25.8 Å². The van der Waals surface area contributed by atoms with Crippen LogP contribution in [0.25, 0.3) is 0 Å². The lowest BCUT2D eigenvalue weighted by Crippen LogP contribution is -2.41. The molecule has 6 heteroatoms. The number of nitrogens with zero attached hydrogens (tertiary/aromatic N) is 3. The van der Waals surface area contributed by atoms with E-state index in [1.54, 1.807) is 0 Å². The van der Waals surface area contributed by atoms with Crippen LogP contribution in [-0.2, 0) is 13.1 Å². The third-order valence-corrected chi connectivity index (χ3v) is 3.57. The van der Waals surface area contributed by atoms with E-state index in [0.717, 1.165) is 23.8 Å². The van der Waals surface area contributed by atoms with Gasteiger partial charge in [-0.3, -0.25) is 4.68 Å². The summed E-state index contributed by atoms with van der Waals surface area (Å²) in [5.41, 5.74) is 0.856. The summed E-state index contributed by atoms with van der Waals surface area (Å²) in [7, 11) is 1.94. The van der Waals surface area contributed by atoms with Crippen LogP contribution < -0.4 is 5.32 Å². The minimum atomic E-state index is 0.378. The lowest BCUT2D eigenvalue weighted by molar-refractivity contribution is 0.462. The lowest BCUT2D eigenvalue weighted by Gasteiger charge is -2.23. The van der Waals surface area contributed by atoms with Crippen LogP contribution in [0.5, 0.6) is 0 Å². The molecule has 0 amide bonds. The lowest BCUT2D eigenvalue weighted by atomic mass is 10.3. The van der Waals surface area contributed by atoms with Crippen LogP contribution in [-0.4, -0.2) is 32.9 Å². The monoisotopic (exact) mass is 288 g/mol. The van der Waals surface area contributed by atoms with Gasteiger partial charge in [0.2, 0.25) is 0 Å². The van der Waals surface area contributed by atoms with Gasteiger partial charge in [0.05, 0.1) is 11.6 Å². The van der Waals surface area contributed by atoms with Crippen molar-refractivity contribution >= 4 is 28.9 Å². The first kappa shape index (κ1) is 15.2. The molecular weight excluding hydrogens is 268 g/mol. The van der Waals surface area contributed by atoms with E-state index in [1.807, 2.05) is 29.7 Å². The summed E-state index contributed by atoms with van der Waals surface area (Å²) in [5.74, 6) is 0. The van der Waals surface area contributed by atoms with Gasteiger partial charge in [0.25, 0.3) is 0 Å². The van der Waals surface area contributed by atoms with Crippen molar-refractivity contribution in [3.8, 4) is 0 Å². The van der Waals surface area contributed by atoms with Gasteiger partial charge in [0.15, 0.2) is 5.11 Å². The molecule has 0 radical (unpaired) electrons. The van der Waals surface area contributed by atoms with Crippen LogP contribution in [0.2, 0.25) is 5.02 Å². The van der Waals surface area contributed by atoms with Crippen LogP contribution in [0.3, 0.4) is 0 Å². The van der Waals surface area contributed by atoms with E-state index in [2.05, 4.69) is 24.3 Å². The van der Waals surface area contributed by atoms with Crippen molar-refractivity contribution in [1.29, 1.82) is 0 Å². The van der Waals surface area contributed by atoms with Crippen molar-refractivity contribution in [2.75, 3.05) is 7.05 Å². The second-order valence-electron chi connectivity index (χ2n) is 4.39. The molecular formula is C12H21ClN4S. The number of hydrogen-bond acceptors (Lipinski definition) is 2. The van der Waals surface area contributed by atoms with E-state index in [0.29, 0.717) is 17.6 Å². The summed E-state index contributed by atoms with van der Waals surface area (Å²) < 4.78 is 1.83. The first-order valence-electron chi connectivity index (χ1n) is 6.21. The number of hydrogen-bond donors (Lipinski definition) is 1. The Morgan fingerprint density at radius 1 is 1.61 bits per heavy atom. The third-order valence-electron chi connectivity index (χ3n) is 2.83. The average molecular weight is 289 g/mol. The van der Waals surface area contributed by atoms with E-state index in [1.165, 1.54) is 0 Å². The summed E-state index contributed by atoms with van der Waals surface area (Å²) >= 11 is 11.5. The molecule has 0 bridgehead atoms. The Morgan fingerprint density at radius 2 is 2.28 bits per heavy atom. The van der Waals surface area contributed by atoms with Crippen molar-refractivity contribution in [3.05, 3.63) is 16.9 Å². The van der Waals surface area contributed by atoms with Gasteiger partial charge in [0.1, 0.15) is 5.69 Å². The minimum Gasteiger partial charge on any atom is -0.360 e. The molecule has 1 N–H and O–H groups in total. The molecule has 1 atom stereocenters. The first-order chi connectivity index (χ1) is 8.47. The zero-order valence-corrected chi connectivity index (χ0v) is 13.0. The highest BCUT2D eigenvalue weighted by atomic mass is 35.5. The predicted molar refractivity (Wildman–Crippen MR) is 79.9 cm³/mol. The fourth-order valence-electron chi connectivity index (χ4n) is 1.43. The number of halogens is 1. The van der Waals surface area contributed by atoms with E-state index >= 15 is 0 Å². The molecule has 1 rings (SSSR count). The van der Waals surface area contributed by atoms with Crippen LogP contribution >= 0.6 is 23.8 Å². The third kappa shape index (κ3) is 4.14. The summed E-state index contributed by atoms with van der Waals surface area (Å²) in [5, 5.41) is 9.09. The second-order valence-corrected chi connectivity index (χ2v) is 5.19. The number of rotatable bonds is 5. The smallest absolute Gasteiger partial charge is 0.169 e. The summed E-state index contributed by atoms with van der Waals surface area (Å²) in [6.45, 7) is 7.71. The number of aryl methyl sites for hydroxylation is 1. The van der Waals surface area contributed by atoms with Crippen LogP contribution in [0.15, 0.2) is 6.20 Å². The number of thiocarbonyl (C=S) groups is 1. The Labute approximate surface area is 119 Å². The van der Waals surface area contributed by atoms with Crippen molar-refractivity contribution < 1.29 is 0 Å². The van der Waals surface area contributed by atoms with Crippen LogP contribution in [0.4, 0.5) is 0 Å². The van der Waals surface area contributed by atoms with Gasteiger partial charge in [-0.2, -0.15) is 5.10 Å². The van der Waals surface area contributed by atoms with Crippen LogP contribution in [0, 0.1) is 0 Å². The predicted octanol–water partition coefficient (Wildman–Crippen LogP) is 2.66. The Hall–Kier alpha value is -0.810. The Bertz CT molecular complexity index is 405. The largest absolute Gasteiger partial charge is 0.360 e. The van der Waals surface area contributed by atoms with Gasteiger partial charge in [-0.25, -0.2) is 0 Å². The normalized spacial score (nSPS) is 12.3. The molecule has 0 fully saturated rings. The van der Waals surface area contributed by atoms with Crippen LogP contribution in [0.1, 0.15) is 32.9 Å². The summed E-state index contributed by atoms with van der Waals surface area (Å²) in [6, 6.07) is 0.378. The van der Waals surface area contributed by atoms with Crippen molar-refractivity contribution in [1.82, 2.24) is 20.0 Å². The molecule has 1 unspecified atom stereocenters. The summed E-state index contributed by atoms with van der Waals surface area (Å²) in [4.78, 5) is 1.95. The Kier molecular flexibility index (Phi) is 5.88. The van der Waals surface area contributed by atoms with Gasteiger partial charge in [-0.05, 0) is 32.5 Å². The van der Waals surface area contributed by atoms with Gasteiger partial charge < -0.3 is 10.2 Å². The van der Waals surface area contributed by atoms with Crippen molar-refractivity contribution in [2.24, 2.45) is 0 Å². The van der Waals surface area contributed by atoms with Gasteiger partial charge in [-0.1, -0.05) is 18.5 Å². The fraction of sp³-hybridized carbons (Fsp3) is 0.667. The zero-order chi connectivity index (χ0) is 13.7. The minimum absolute atomic E-state index is 0.378. The molecule has 18 heavy (non-hydrogen) atoms. The van der Waals surface area contributed by atoms with Gasteiger partial charge in [-0.15, -0.1) is 0 Å². The topological polar surface area (TPSA) is 33.1 Å².